The van der Waals surface area contributed by atoms with Crippen LogP contribution in [0.15, 0.2) is 65.5 Å². The number of H-pyrrole nitrogens is 1. The topological polar surface area (TPSA) is 85.3 Å². The summed E-state index contributed by atoms with van der Waals surface area (Å²) in [5.74, 6) is 0.750. The number of aromatic nitrogens is 2. The van der Waals surface area contributed by atoms with E-state index in [0.29, 0.717) is 45.2 Å². The summed E-state index contributed by atoms with van der Waals surface area (Å²) in [6.45, 7) is 0.348. The first kappa shape index (κ1) is 22.6. The summed E-state index contributed by atoms with van der Waals surface area (Å²) in [7, 11) is 3.05. The van der Waals surface area contributed by atoms with Crippen LogP contribution in [0.1, 0.15) is 15.9 Å². The molecule has 168 valence electrons. The predicted octanol–water partition coefficient (Wildman–Crippen LogP) is 4.65. The minimum atomic E-state index is -0.339. The summed E-state index contributed by atoms with van der Waals surface area (Å²) in [6, 6.07) is 17.1. The first-order valence-electron chi connectivity index (χ1n) is 9.95. The lowest BCUT2D eigenvalue weighted by Gasteiger charge is -2.14. The Morgan fingerprint density at radius 3 is 2.52 bits per heavy atom. The molecule has 33 heavy (non-hydrogen) atoms. The van der Waals surface area contributed by atoms with Gasteiger partial charge in [0, 0.05) is 23.2 Å². The third-order valence-corrected chi connectivity index (χ3v) is 5.69. The average Bonchev–Trinajstić information content (AvgIpc) is 2.83. The van der Waals surface area contributed by atoms with Crippen molar-refractivity contribution in [2.24, 2.45) is 0 Å². The number of ether oxygens (including phenoxy) is 2. The Hall–Kier alpha value is -3.62. The van der Waals surface area contributed by atoms with E-state index in [0.717, 1.165) is 5.56 Å². The van der Waals surface area contributed by atoms with E-state index in [4.69, 9.17) is 33.3 Å². The summed E-state index contributed by atoms with van der Waals surface area (Å²) < 4.78 is 12.2. The molecule has 0 saturated carbocycles. The minimum absolute atomic E-state index is 0.165. The smallest absolute Gasteiger partial charge is 0.266 e. The lowest BCUT2D eigenvalue weighted by Crippen LogP contribution is -2.24. The van der Waals surface area contributed by atoms with E-state index >= 15 is 0 Å². The first-order valence-corrected chi connectivity index (χ1v) is 10.7. The van der Waals surface area contributed by atoms with E-state index in [1.54, 1.807) is 48.5 Å². The highest BCUT2D eigenvalue weighted by molar-refractivity contribution is 7.71. The van der Waals surface area contributed by atoms with Crippen LogP contribution >= 0.6 is 23.8 Å². The number of nitrogens with zero attached hydrogens (tertiary/aromatic N) is 1. The lowest BCUT2D eigenvalue weighted by atomic mass is 10.1. The van der Waals surface area contributed by atoms with Crippen molar-refractivity contribution >= 4 is 40.6 Å². The number of hydrogen-bond acceptors (Lipinski definition) is 5. The number of carbonyl (C=O) groups is 1. The molecule has 0 unspecified atom stereocenters. The monoisotopic (exact) mass is 481 g/mol. The van der Waals surface area contributed by atoms with Gasteiger partial charge in [-0.25, -0.2) is 4.57 Å². The van der Waals surface area contributed by atoms with Gasteiger partial charge < -0.3 is 19.8 Å². The second-order valence-electron chi connectivity index (χ2n) is 7.18. The molecule has 1 heterocycles. The third-order valence-electron chi connectivity index (χ3n) is 5.15. The Balaban J connectivity index is 1.69. The maximum absolute atomic E-state index is 13.3. The van der Waals surface area contributed by atoms with Crippen LogP contribution in [0.25, 0.3) is 16.6 Å². The number of methoxy groups -OCH3 is 2. The molecule has 0 aliphatic carbocycles. The van der Waals surface area contributed by atoms with Gasteiger partial charge in [-0.1, -0.05) is 23.7 Å². The largest absolute Gasteiger partial charge is 0.497 e. The van der Waals surface area contributed by atoms with Gasteiger partial charge in [0.05, 0.1) is 30.8 Å². The van der Waals surface area contributed by atoms with E-state index in [1.807, 2.05) is 12.1 Å². The molecule has 7 nitrogen and oxygen atoms in total. The summed E-state index contributed by atoms with van der Waals surface area (Å²) in [6.07, 6.45) is 0. The van der Waals surface area contributed by atoms with Crippen molar-refractivity contribution < 1.29 is 14.3 Å². The van der Waals surface area contributed by atoms with E-state index < -0.39 is 0 Å². The molecule has 1 amide bonds. The number of rotatable bonds is 6. The van der Waals surface area contributed by atoms with Crippen LogP contribution in [-0.2, 0) is 6.54 Å². The van der Waals surface area contributed by atoms with Crippen LogP contribution in [0.4, 0.5) is 0 Å². The molecular weight excluding hydrogens is 462 g/mol. The molecule has 0 fully saturated rings. The molecule has 4 aromatic rings. The van der Waals surface area contributed by atoms with Crippen molar-refractivity contribution in [1.82, 2.24) is 14.9 Å². The van der Waals surface area contributed by atoms with Crippen LogP contribution < -0.4 is 20.3 Å². The lowest BCUT2D eigenvalue weighted by molar-refractivity contribution is 0.0951. The zero-order valence-electron chi connectivity index (χ0n) is 17.8. The zero-order chi connectivity index (χ0) is 23.5. The number of halogens is 1. The molecule has 3 aromatic carbocycles. The molecule has 4 rings (SSSR count). The minimum Gasteiger partial charge on any atom is -0.497 e. The van der Waals surface area contributed by atoms with Crippen molar-refractivity contribution in [3.05, 3.63) is 91.9 Å². The van der Waals surface area contributed by atoms with Gasteiger partial charge in [0.2, 0.25) is 0 Å². The van der Waals surface area contributed by atoms with Crippen molar-refractivity contribution in [3.8, 4) is 17.2 Å². The predicted molar refractivity (Wildman–Crippen MR) is 130 cm³/mol. The molecule has 1 aromatic heterocycles. The molecule has 0 aliphatic heterocycles. The standard InChI is InChI=1S/C24H20ClN3O4S/c1-31-17-8-10-21(32-2)20(12-17)28-23(30)18-9-5-15(11-19(18)27-24(28)33)22(29)26-13-14-3-6-16(25)7-4-14/h3-12H,13H2,1-2H3,(H,26,29)(H,27,33). The SMILES string of the molecule is COc1ccc(OC)c(-n2c(=S)[nH]c3cc(C(=O)NCc4ccc(Cl)cc4)ccc3c2=O)c1. The molecule has 0 aliphatic rings. The van der Waals surface area contributed by atoms with E-state index in [-0.39, 0.29) is 16.2 Å². The Morgan fingerprint density at radius 2 is 1.82 bits per heavy atom. The van der Waals surface area contributed by atoms with Gasteiger partial charge in [0.25, 0.3) is 11.5 Å². The second-order valence-corrected chi connectivity index (χ2v) is 8.00. The fraction of sp³-hybridized carbons (Fsp3) is 0.125. The molecule has 0 saturated heterocycles. The quantitative estimate of drug-likeness (QED) is 0.391. The van der Waals surface area contributed by atoms with Gasteiger partial charge in [-0.15, -0.1) is 0 Å². The van der Waals surface area contributed by atoms with Crippen LogP contribution in [0.3, 0.4) is 0 Å². The van der Waals surface area contributed by atoms with Gasteiger partial charge in [-0.2, -0.15) is 0 Å². The molecule has 0 radical (unpaired) electrons. The van der Waals surface area contributed by atoms with Crippen LogP contribution in [-0.4, -0.2) is 29.7 Å². The van der Waals surface area contributed by atoms with Gasteiger partial charge >= 0.3 is 0 Å². The fourth-order valence-corrected chi connectivity index (χ4v) is 3.85. The highest BCUT2D eigenvalue weighted by Crippen LogP contribution is 2.27. The fourth-order valence-electron chi connectivity index (χ4n) is 3.44. The van der Waals surface area contributed by atoms with E-state index in [2.05, 4.69) is 10.3 Å². The van der Waals surface area contributed by atoms with Crippen molar-refractivity contribution in [3.63, 3.8) is 0 Å². The highest BCUT2D eigenvalue weighted by Gasteiger charge is 2.15. The number of benzene rings is 3. The van der Waals surface area contributed by atoms with E-state index in [1.165, 1.54) is 18.8 Å². The maximum Gasteiger partial charge on any atom is 0.266 e. The highest BCUT2D eigenvalue weighted by atomic mass is 35.5. The summed E-state index contributed by atoms with van der Waals surface area (Å²) in [5.41, 5.74) is 1.90. The third kappa shape index (κ3) is 4.62. The van der Waals surface area contributed by atoms with Gasteiger partial charge in [0.15, 0.2) is 4.77 Å². The summed E-state index contributed by atoms with van der Waals surface area (Å²) in [4.78, 5) is 29.0. The molecule has 0 atom stereocenters. The first-order chi connectivity index (χ1) is 15.9. The molecular formula is C24H20ClN3O4S. The van der Waals surface area contributed by atoms with Gasteiger partial charge in [0.1, 0.15) is 11.5 Å². The van der Waals surface area contributed by atoms with Gasteiger partial charge in [-0.3, -0.25) is 9.59 Å². The molecule has 9 heteroatoms. The van der Waals surface area contributed by atoms with Crippen LogP contribution in [0.5, 0.6) is 11.5 Å². The number of nitrogens with one attached hydrogen (secondary N) is 2. The second kappa shape index (κ2) is 9.48. The van der Waals surface area contributed by atoms with Crippen molar-refractivity contribution in [2.75, 3.05) is 14.2 Å². The Kier molecular flexibility index (Phi) is 6.48. The number of aromatic amines is 1. The van der Waals surface area contributed by atoms with Crippen LogP contribution in [0.2, 0.25) is 5.02 Å². The normalized spacial score (nSPS) is 10.8. The Bertz CT molecular complexity index is 1460. The van der Waals surface area contributed by atoms with Crippen molar-refractivity contribution in [2.45, 2.75) is 6.54 Å². The van der Waals surface area contributed by atoms with E-state index in [9.17, 15) is 9.59 Å². The number of fused-ring (bicyclic) bond motifs is 1. The number of amides is 1. The number of carbonyl (C=O) groups excluding carboxylic acids is 1. The summed E-state index contributed by atoms with van der Waals surface area (Å²) in [5, 5.41) is 3.87. The van der Waals surface area contributed by atoms with Crippen LogP contribution in [0, 0.1) is 4.77 Å². The Labute approximate surface area is 199 Å². The maximum atomic E-state index is 13.3. The number of hydrogen-bond donors (Lipinski definition) is 2. The zero-order valence-corrected chi connectivity index (χ0v) is 19.4. The summed E-state index contributed by atoms with van der Waals surface area (Å²) >= 11 is 11.4. The molecule has 0 bridgehead atoms. The molecule has 0 spiro atoms. The van der Waals surface area contributed by atoms with Crippen molar-refractivity contribution in [1.29, 1.82) is 0 Å². The Morgan fingerprint density at radius 1 is 1.06 bits per heavy atom. The molecule has 2 N–H and O–H groups in total. The average molecular weight is 482 g/mol. The van der Waals surface area contributed by atoms with Gasteiger partial charge in [-0.05, 0) is 60.2 Å².